The lowest BCUT2D eigenvalue weighted by atomic mass is 9.88. The highest BCUT2D eigenvalue weighted by Gasteiger charge is 2.21. The van der Waals surface area contributed by atoms with Crippen LogP contribution in [0.5, 0.6) is 0 Å². The van der Waals surface area contributed by atoms with Gasteiger partial charge in [0.15, 0.2) is 9.84 Å². The van der Waals surface area contributed by atoms with Crippen LogP contribution in [0, 0.1) is 6.92 Å². The molecule has 0 bridgehead atoms. The molecule has 0 amide bonds. The fraction of sp³-hybridized carbons (Fsp3) is 0.600. The number of sulfone groups is 1. The van der Waals surface area contributed by atoms with Gasteiger partial charge in [-0.15, -0.1) is 11.3 Å². The minimum Gasteiger partial charge on any atom is -0.223 e. The molecular formula is C10H16O2S2. The molecule has 0 fully saturated rings. The summed E-state index contributed by atoms with van der Waals surface area (Å²) < 4.78 is 23.1. The van der Waals surface area contributed by atoms with Crippen LogP contribution in [-0.2, 0) is 15.3 Å². The Kier molecular flexibility index (Phi) is 2.80. The van der Waals surface area contributed by atoms with E-state index >= 15 is 0 Å². The van der Waals surface area contributed by atoms with E-state index in [2.05, 4.69) is 20.8 Å². The second-order valence-electron chi connectivity index (χ2n) is 4.56. The molecule has 0 aliphatic rings. The van der Waals surface area contributed by atoms with Crippen LogP contribution in [0.4, 0.5) is 0 Å². The quantitative estimate of drug-likeness (QED) is 0.746. The minimum atomic E-state index is -3.05. The monoisotopic (exact) mass is 232 g/mol. The fourth-order valence-electron chi connectivity index (χ4n) is 1.38. The number of hydrogen-bond acceptors (Lipinski definition) is 3. The van der Waals surface area contributed by atoms with Gasteiger partial charge < -0.3 is 0 Å². The SMILES string of the molecule is Cc1sc(S(C)(=O)=O)cc1C(C)(C)C. The molecule has 0 atom stereocenters. The van der Waals surface area contributed by atoms with Crippen molar-refractivity contribution in [2.24, 2.45) is 0 Å². The Labute approximate surface area is 89.9 Å². The molecule has 2 nitrogen and oxygen atoms in total. The lowest BCUT2D eigenvalue weighted by Crippen LogP contribution is -2.10. The van der Waals surface area contributed by atoms with Gasteiger partial charge in [0, 0.05) is 11.1 Å². The van der Waals surface area contributed by atoms with E-state index in [4.69, 9.17) is 0 Å². The van der Waals surface area contributed by atoms with Crippen molar-refractivity contribution in [1.29, 1.82) is 0 Å². The molecule has 0 saturated carbocycles. The fourth-order valence-corrected chi connectivity index (χ4v) is 3.65. The topological polar surface area (TPSA) is 34.1 Å². The molecule has 4 heteroatoms. The maximum absolute atomic E-state index is 11.3. The van der Waals surface area contributed by atoms with E-state index in [1.807, 2.05) is 6.92 Å². The van der Waals surface area contributed by atoms with Crippen molar-refractivity contribution in [2.75, 3.05) is 6.26 Å². The van der Waals surface area contributed by atoms with Crippen LogP contribution in [0.3, 0.4) is 0 Å². The summed E-state index contributed by atoms with van der Waals surface area (Å²) in [5, 5.41) is 0. The summed E-state index contributed by atoms with van der Waals surface area (Å²) in [4.78, 5) is 1.10. The van der Waals surface area contributed by atoms with Gasteiger partial charge in [0.25, 0.3) is 0 Å². The van der Waals surface area contributed by atoms with Crippen LogP contribution in [0.25, 0.3) is 0 Å². The molecule has 0 aliphatic carbocycles. The van der Waals surface area contributed by atoms with Crippen LogP contribution in [0.1, 0.15) is 31.2 Å². The predicted octanol–water partition coefficient (Wildman–Crippen LogP) is 2.76. The Hall–Kier alpha value is -0.350. The lowest BCUT2D eigenvalue weighted by Gasteiger charge is -2.17. The molecule has 1 heterocycles. The van der Waals surface area contributed by atoms with Crippen molar-refractivity contribution in [1.82, 2.24) is 0 Å². The second-order valence-corrected chi connectivity index (χ2v) is 8.06. The Balaban J connectivity index is 3.33. The zero-order valence-electron chi connectivity index (χ0n) is 9.21. The Morgan fingerprint density at radius 1 is 1.29 bits per heavy atom. The molecule has 0 aromatic carbocycles. The van der Waals surface area contributed by atoms with E-state index in [0.29, 0.717) is 4.21 Å². The van der Waals surface area contributed by atoms with Crippen LogP contribution in [0.15, 0.2) is 10.3 Å². The van der Waals surface area contributed by atoms with Gasteiger partial charge in [0.2, 0.25) is 0 Å². The van der Waals surface area contributed by atoms with E-state index < -0.39 is 9.84 Å². The average Bonchev–Trinajstić information content (AvgIpc) is 2.27. The summed E-state index contributed by atoms with van der Waals surface area (Å²) in [5.74, 6) is 0. The van der Waals surface area contributed by atoms with Gasteiger partial charge >= 0.3 is 0 Å². The van der Waals surface area contributed by atoms with Gasteiger partial charge in [0.05, 0.1) is 0 Å². The van der Waals surface area contributed by atoms with Crippen molar-refractivity contribution in [2.45, 2.75) is 37.3 Å². The van der Waals surface area contributed by atoms with Crippen molar-refractivity contribution in [3.05, 3.63) is 16.5 Å². The third-order valence-corrected chi connectivity index (χ3v) is 4.92. The standard InChI is InChI=1S/C10H16O2S2/c1-7-8(10(2,3)4)6-9(13-7)14(5,11)12/h6H,1-5H3. The largest absolute Gasteiger partial charge is 0.223 e. The third kappa shape index (κ3) is 2.36. The number of aryl methyl sites for hydroxylation is 1. The highest BCUT2D eigenvalue weighted by Crippen LogP contribution is 2.33. The molecule has 0 radical (unpaired) electrons. The molecule has 1 aromatic heterocycles. The molecule has 1 rings (SSSR count). The summed E-state index contributed by atoms with van der Waals surface area (Å²) in [7, 11) is -3.05. The zero-order chi connectivity index (χ0) is 11.1. The molecule has 1 aromatic rings. The van der Waals surface area contributed by atoms with E-state index in [9.17, 15) is 8.42 Å². The molecule has 14 heavy (non-hydrogen) atoms. The summed E-state index contributed by atoms with van der Waals surface area (Å²) in [5.41, 5.74) is 1.15. The first kappa shape index (κ1) is 11.7. The minimum absolute atomic E-state index is 0.0174. The first-order chi connectivity index (χ1) is 6.12. The highest BCUT2D eigenvalue weighted by molar-refractivity contribution is 7.92. The van der Waals surface area contributed by atoms with E-state index in [-0.39, 0.29) is 5.41 Å². The van der Waals surface area contributed by atoms with E-state index in [0.717, 1.165) is 10.4 Å². The van der Waals surface area contributed by atoms with Crippen LogP contribution in [0.2, 0.25) is 0 Å². The van der Waals surface area contributed by atoms with E-state index in [1.165, 1.54) is 17.6 Å². The summed E-state index contributed by atoms with van der Waals surface area (Å²) in [6.07, 6.45) is 1.25. The summed E-state index contributed by atoms with van der Waals surface area (Å²) in [6.45, 7) is 8.25. The molecule has 0 spiro atoms. The predicted molar refractivity (Wildman–Crippen MR) is 60.9 cm³/mol. The Morgan fingerprint density at radius 2 is 1.79 bits per heavy atom. The number of hydrogen-bond donors (Lipinski definition) is 0. The normalized spacial score (nSPS) is 13.2. The molecule has 0 saturated heterocycles. The smallest absolute Gasteiger partial charge is 0.184 e. The van der Waals surface area contributed by atoms with Gasteiger partial charge in [-0.25, -0.2) is 8.42 Å². The van der Waals surface area contributed by atoms with E-state index in [1.54, 1.807) is 6.07 Å². The van der Waals surface area contributed by atoms with Crippen molar-refractivity contribution in [3.63, 3.8) is 0 Å². The molecule has 0 N–H and O–H groups in total. The second kappa shape index (κ2) is 3.35. The van der Waals surface area contributed by atoms with Crippen molar-refractivity contribution >= 4 is 21.2 Å². The third-order valence-electron chi connectivity index (χ3n) is 2.07. The summed E-state index contributed by atoms with van der Waals surface area (Å²) in [6, 6.07) is 1.80. The van der Waals surface area contributed by atoms with Gasteiger partial charge in [-0.3, -0.25) is 0 Å². The van der Waals surface area contributed by atoms with Crippen LogP contribution in [-0.4, -0.2) is 14.7 Å². The first-order valence-corrected chi connectivity index (χ1v) is 7.14. The number of rotatable bonds is 1. The van der Waals surface area contributed by atoms with Gasteiger partial charge in [-0.05, 0) is 24.0 Å². The van der Waals surface area contributed by atoms with Crippen LogP contribution >= 0.6 is 11.3 Å². The molecule has 0 aliphatic heterocycles. The molecular weight excluding hydrogens is 216 g/mol. The van der Waals surface area contributed by atoms with Gasteiger partial charge in [-0.1, -0.05) is 20.8 Å². The Bertz CT molecular complexity index is 433. The van der Waals surface area contributed by atoms with Crippen LogP contribution < -0.4 is 0 Å². The molecule has 0 unspecified atom stereocenters. The summed E-state index contributed by atoms with van der Waals surface area (Å²) >= 11 is 1.36. The molecule has 80 valence electrons. The van der Waals surface area contributed by atoms with Gasteiger partial charge in [-0.2, -0.15) is 0 Å². The maximum atomic E-state index is 11.3. The average molecular weight is 232 g/mol. The Morgan fingerprint density at radius 3 is 2.00 bits per heavy atom. The first-order valence-electron chi connectivity index (χ1n) is 4.43. The lowest BCUT2D eigenvalue weighted by molar-refractivity contribution is 0.587. The van der Waals surface area contributed by atoms with Gasteiger partial charge in [0.1, 0.15) is 4.21 Å². The van der Waals surface area contributed by atoms with Crippen molar-refractivity contribution < 1.29 is 8.42 Å². The highest BCUT2D eigenvalue weighted by atomic mass is 32.2. The zero-order valence-corrected chi connectivity index (χ0v) is 10.8. The number of thiophene rings is 1. The van der Waals surface area contributed by atoms with Crippen molar-refractivity contribution in [3.8, 4) is 0 Å². The maximum Gasteiger partial charge on any atom is 0.184 e.